The van der Waals surface area contributed by atoms with E-state index in [0.29, 0.717) is 6.42 Å². The Morgan fingerprint density at radius 3 is 2.38 bits per heavy atom. The van der Waals surface area contributed by atoms with Crippen LogP contribution in [-0.2, 0) is 15.6 Å². The van der Waals surface area contributed by atoms with Crippen LogP contribution < -0.4 is 0 Å². The van der Waals surface area contributed by atoms with Gasteiger partial charge in [-0.15, -0.1) is 0 Å². The first-order chi connectivity index (χ1) is 14.8. The van der Waals surface area contributed by atoms with Gasteiger partial charge in [-0.2, -0.15) is 0 Å². The number of hydrogen-bond donors (Lipinski definition) is 1. The van der Waals surface area contributed by atoms with E-state index in [4.69, 9.17) is 9.16 Å². The highest BCUT2D eigenvalue weighted by Gasteiger charge is 2.36. The molecule has 0 aliphatic heterocycles. The summed E-state index contributed by atoms with van der Waals surface area (Å²) in [4.78, 5) is 13.1. The summed E-state index contributed by atoms with van der Waals surface area (Å²) in [5.41, 5.74) is 1.94. The van der Waals surface area contributed by atoms with Crippen LogP contribution in [0.4, 0.5) is 4.79 Å². The van der Waals surface area contributed by atoms with Gasteiger partial charge < -0.3 is 14.3 Å². The molecule has 0 aliphatic carbocycles. The summed E-state index contributed by atoms with van der Waals surface area (Å²) in [6.07, 6.45) is 5.92. The van der Waals surface area contributed by atoms with Gasteiger partial charge in [-0.1, -0.05) is 45.0 Å². The normalized spacial score (nSPS) is 13.3. The number of aliphatic hydroxyl groups is 1. The number of allylic oxidation sites excluding steroid dienone is 1. The van der Waals surface area contributed by atoms with Gasteiger partial charge in [0.1, 0.15) is 5.60 Å². The third kappa shape index (κ3) is 6.56. The van der Waals surface area contributed by atoms with Gasteiger partial charge in [0, 0.05) is 18.6 Å². The summed E-state index contributed by atoms with van der Waals surface area (Å²) in [7, 11) is -1.73. The topological polar surface area (TPSA) is 60.7 Å². The van der Waals surface area contributed by atoms with Crippen LogP contribution >= 0.6 is 0 Å². The number of ether oxygens (including phenoxy) is 1. The number of aromatic nitrogens is 1. The second-order valence-electron chi connectivity index (χ2n) is 10.8. The molecule has 0 amide bonds. The molecule has 5 nitrogen and oxygen atoms in total. The molecule has 6 heteroatoms. The molecule has 0 bridgehead atoms. The van der Waals surface area contributed by atoms with Crippen molar-refractivity contribution in [2.24, 2.45) is 0 Å². The minimum absolute atomic E-state index is 0.0174. The first-order valence-corrected chi connectivity index (χ1v) is 14.5. The van der Waals surface area contributed by atoms with Crippen LogP contribution in [0.1, 0.15) is 65.6 Å². The molecule has 1 heterocycles. The molecular weight excluding hydrogens is 418 g/mol. The van der Waals surface area contributed by atoms with Crippen molar-refractivity contribution in [2.75, 3.05) is 13.2 Å². The van der Waals surface area contributed by atoms with Crippen molar-refractivity contribution in [3.8, 4) is 0 Å². The van der Waals surface area contributed by atoms with Crippen LogP contribution in [-0.4, -0.2) is 42.9 Å². The molecular formula is C26H41NO4Si. The summed E-state index contributed by atoms with van der Waals surface area (Å²) in [5.74, 6) is 0. The number of carbonyl (C=O) groups excluding carboxylic acids is 1. The number of fused-ring (bicyclic) bond motifs is 1. The third-order valence-electron chi connectivity index (χ3n) is 6.02. The van der Waals surface area contributed by atoms with E-state index in [0.717, 1.165) is 41.6 Å². The molecule has 1 aromatic carbocycles. The minimum Gasteiger partial charge on any atom is -0.443 e. The number of hydrogen-bond acceptors (Lipinski definition) is 4. The zero-order chi connectivity index (χ0) is 24.2. The van der Waals surface area contributed by atoms with E-state index in [1.165, 1.54) is 0 Å². The van der Waals surface area contributed by atoms with E-state index in [1.807, 2.05) is 51.1 Å². The number of unbranched alkanes of at least 4 members (excludes halogenated alkanes) is 1. The van der Waals surface area contributed by atoms with E-state index in [9.17, 15) is 9.90 Å². The van der Waals surface area contributed by atoms with Gasteiger partial charge >= 0.3 is 6.09 Å². The molecule has 178 valence electrons. The largest absolute Gasteiger partial charge is 0.443 e. The number of rotatable bonds is 8. The first kappa shape index (κ1) is 26.4. The number of para-hydroxylation sites is 1. The molecule has 0 spiro atoms. The highest BCUT2D eigenvalue weighted by molar-refractivity contribution is 6.74. The number of carbonyl (C=O) groups is 1. The molecule has 32 heavy (non-hydrogen) atoms. The fourth-order valence-electron chi connectivity index (χ4n) is 3.32. The standard InChI is InChI=1S/C26H41NO4Si/c1-25(2,3)31-24(29)27-22-16-12-11-14-20(22)21(17-18-28)23(27)15-10-9-13-19-30-32(7,8)26(4,5)6/h10-12,14-16,28H,9,13,17-19H2,1-8H3/b15-10-. The lowest BCUT2D eigenvalue weighted by Gasteiger charge is -2.36. The van der Waals surface area contributed by atoms with Crippen molar-refractivity contribution in [1.82, 2.24) is 4.57 Å². The molecule has 2 aromatic rings. The summed E-state index contributed by atoms with van der Waals surface area (Å²) in [5, 5.41) is 10.8. The average molecular weight is 460 g/mol. The van der Waals surface area contributed by atoms with Crippen LogP contribution in [0.5, 0.6) is 0 Å². The molecule has 0 saturated heterocycles. The lowest BCUT2D eigenvalue weighted by Crippen LogP contribution is -2.40. The van der Waals surface area contributed by atoms with E-state index in [2.05, 4.69) is 39.9 Å². The Labute approximate surface area is 194 Å². The van der Waals surface area contributed by atoms with E-state index in [1.54, 1.807) is 4.57 Å². The zero-order valence-corrected chi connectivity index (χ0v) is 22.1. The Hall–Kier alpha value is -1.89. The highest BCUT2D eigenvalue weighted by Crippen LogP contribution is 2.36. The Morgan fingerprint density at radius 2 is 1.78 bits per heavy atom. The summed E-state index contributed by atoms with van der Waals surface area (Å²) in [6, 6.07) is 7.78. The molecule has 2 rings (SSSR count). The van der Waals surface area contributed by atoms with Gasteiger partial charge in [0.15, 0.2) is 8.32 Å². The van der Waals surface area contributed by atoms with Crippen molar-refractivity contribution >= 4 is 31.4 Å². The second-order valence-corrected chi connectivity index (χ2v) is 15.6. The maximum Gasteiger partial charge on any atom is 0.419 e. The highest BCUT2D eigenvalue weighted by atomic mass is 28.4. The lowest BCUT2D eigenvalue weighted by atomic mass is 10.1. The SMILES string of the molecule is CC(C)(C)OC(=O)n1c(/C=C\CCCO[Si](C)(C)C(C)(C)C)c(CCO)c2ccccc21. The summed E-state index contributed by atoms with van der Waals surface area (Å²) >= 11 is 0. The molecule has 0 radical (unpaired) electrons. The number of benzene rings is 1. The maximum absolute atomic E-state index is 13.1. The summed E-state index contributed by atoms with van der Waals surface area (Å²) < 4.78 is 13.6. The van der Waals surface area contributed by atoms with E-state index in [-0.39, 0.29) is 11.6 Å². The van der Waals surface area contributed by atoms with Crippen molar-refractivity contribution < 1.29 is 19.1 Å². The Kier molecular flexibility index (Phi) is 8.54. The van der Waals surface area contributed by atoms with Crippen LogP contribution in [0.15, 0.2) is 30.3 Å². The number of nitrogens with zero attached hydrogens (tertiary/aromatic N) is 1. The van der Waals surface area contributed by atoms with Crippen LogP contribution in [0.3, 0.4) is 0 Å². The Balaban J connectivity index is 2.26. The molecule has 1 aromatic heterocycles. The van der Waals surface area contributed by atoms with E-state index < -0.39 is 20.0 Å². The maximum atomic E-state index is 13.1. The molecule has 0 saturated carbocycles. The predicted molar refractivity (Wildman–Crippen MR) is 136 cm³/mol. The fraction of sp³-hybridized carbons (Fsp3) is 0.577. The quantitative estimate of drug-likeness (QED) is 0.349. The van der Waals surface area contributed by atoms with Gasteiger partial charge in [-0.25, -0.2) is 9.36 Å². The van der Waals surface area contributed by atoms with Crippen molar-refractivity contribution in [3.05, 3.63) is 41.6 Å². The lowest BCUT2D eigenvalue weighted by molar-refractivity contribution is 0.0543. The van der Waals surface area contributed by atoms with Crippen molar-refractivity contribution in [2.45, 2.75) is 84.5 Å². The smallest absolute Gasteiger partial charge is 0.419 e. The second kappa shape index (κ2) is 10.4. The monoisotopic (exact) mass is 459 g/mol. The van der Waals surface area contributed by atoms with E-state index >= 15 is 0 Å². The minimum atomic E-state index is -1.73. The van der Waals surface area contributed by atoms with Gasteiger partial charge in [0.05, 0.1) is 11.2 Å². The Morgan fingerprint density at radius 1 is 1.12 bits per heavy atom. The van der Waals surface area contributed by atoms with Gasteiger partial charge in [-0.3, -0.25) is 0 Å². The number of aliphatic hydroxyl groups excluding tert-OH is 1. The third-order valence-corrected chi connectivity index (χ3v) is 10.6. The molecule has 1 N–H and O–H groups in total. The van der Waals surface area contributed by atoms with Crippen LogP contribution in [0, 0.1) is 0 Å². The van der Waals surface area contributed by atoms with Gasteiger partial charge in [0.2, 0.25) is 0 Å². The van der Waals surface area contributed by atoms with Gasteiger partial charge in [0.25, 0.3) is 0 Å². The van der Waals surface area contributed by atoms with Crippen LogP contribution in [0.2, 0.25) is 18.1 Å². The molecule has 0 fully saturated rings. The fourth-order valence-corrected chi connectivity index (χ4v) is 4.41. The van der Waals surface area contributed by atoms with Crippen LogP contribution in [0.25, 0.3) is 17.0 Å². The predicted octanol–water partition coefficient (Wildman–Crippen LogP) is 6.77. The van der Waals surface area contributed by atoms with Crippen molar-refractivity contribution in [3.63, 3.8) is 0 Å². The van der Waals surface area contributed by atoms with Gasteiger partial charge in [-0.05, 0) is 75.9 Å². The zero-order valence-electron chi connectivity index (χ0n) is 21.1. The summed E-state index contributed by atoms with van der Waals surface area (Å²) in [6.45, 7) is 17.6. The molecule has 0 aliphatic rings. The average Bonchev–Trinajstić information content (AvgIpc) is 2.96. The first-order valence-electron chi connectivity index (χ1n) is 11.6. The molecule has 0 unspecified atom stereocenters. The Bertz CT molecular complexity index is 945. The van der Waals surface area contributed by atoms with Crippen molar-refractivity contribution in [1.29, 1.82) is 0 Å². The molecule has 0 atom stereocenters.